The standard InChI is InChI=1S/C18H15ClF3NO3/c1-10-3-5-12(6-4-10)17(25)26-11(2)16(24)23-15-9-13(18(20,21)22)7-8-14(15)19/h3-9,11H,1-2H3,(H,23,24)/t11-/m0/s1. The van der Waals surface area contributed by atoms with E-state index in [1.807, 2.05) is 6.92 Å². The van der Waals surface area contributed by atoms with Gasteiger partial charge in [-0.25, -0.2) is 4.79 Å². The molecule has 2 aromatic carbocycles. The van der Waals surface area contributed by atoms with Gasteiger partial charge in [-0.15, -0.1) is 0 Å². The van der Waals surface area contributed by atoms with Crippen LogP contribution < -0.4 is 5.32 Å². The lowest BCUT2D eigenvalue weighted by Crippen LogP contribution is -2.30. The van der Waals surface area contributed by atoms with Crippen molar-refractivity contribution in [3.8, 4) is 0 Å². The molecule has 1 amide bonds. The number of ether oxygens (including phenoxy) is 1. The summed E-state index contributed by atoms with van der Waals surface area (Å²) in [6, 6.07) is 9.07. The molecule has 0 spiro atoms. The molecule has 26 heavy (non-hydrogen) atoms. The monoisotopic (exact) mass is 385 g/mol. The molecule has 2 aromatic rings. The van der Waals surface area contributed by atoms with Gasteiger partial charge >= 0.3 is 12.1 Å². The first-order valence-corrected chi connectivity index (χ1v) is 7.91. The second kappa shape index (κ2) is 7.78. The van der Waals surface area contributed by atoms with E-state index in [2.05, 4.69) is 5.32 Å². The van der Waals surface area contributed by atoms with E-state index in [1.54, 1.807) is 24.3 Å². The third kappa shape index (κ3) is 4.98. The Morgan fingerprint density at radius 3 is 2.31 bits per heavy atom. The fraction of sp³-hybridized carbons (Fsp3) is 0.222. The van der Waals surface area contributed by atoms with Crippen molar-refractivity contribution in [2.24, 2.45) is 0 Å². The van der Waals surface area contributed by atoms with Crippen LogP contribution in [0.15, 0.2) is 42.5 Å². The average molecular weight is 386 g/mol. The fourth-order valence-electron chi connectivity index (χ4n) is 2.00. The van der Waals surface area contributed by atoms with Crippen LogP contribution in [0.5, 0.6) is 0 Å². The Balaban J connectivity index is 2.07. The molecule has 0 unspecified atom stereocenters. The molecule has 8 heteroatoms. The molecule has 2 rings (SSSR count). The number of aryl methyl sites for hydroxylation is 1. The van der Waals surface area contributed by atoms with Gasteiger partial charge in [0.1, 0.15) is 0 Å². The van der Waals surface area contributed by atoms with Crippen molar-refractivity contribution < 1.29 is 27.5 Å². The van der Waals surface area contributed by atoms with Crippen molar-refractivity contribution in [3.05, 3.63) is 64.2 Å². The lowest BCUT2D eigenvalue weighted by molar-refractivity contribution is -0.137. The molecule has 0 radical (unpaired) electrons. The first kappa shape index (κ1) is 19.8. The number of benzene rings is 2. The van der Waals surface area contributed by atoms with E-state index in [0.29, 0.717) is 0 Å². The third-order valence-electron chi connectivity index (χ3n) is 3.49. The van der Waals surface area contributed by atoms with Crippen LogP contribution in [0.2, 0.25) is 5.02 Å². The number of halogens is 4. The number of carbonyl (C=O) groups excluding carboxylic acids is 2. The highest BCUT2D eigenvalue weighted by Gasteiger charge is 2.31. The van der Waals surface area contributed by atoms with E-state index in [1.165, 1.54) is 6.92 Å². The van der Waals surface area contributed by atoms with Gasteiger partial charge in [0.25, 0.3) is 5.91 Å². The minimum Gasteiger partial charge on any atom is -0.449 e. The number of nitrogens with one attached hydrogen (secondary N) is 1. The van der Waals surface area contributed by atoms with Crippen LogP contribution in [0.1, 0.15) is 28.4 Å². The van der Waals surface area contributed by atoms with Crippen LogP contribution in [-0.4, -0.2) is 18.0 Å². The first-order chi connectivity index (χ1) is 12.1. The second-order valence-corrected chi connectivity index (χ2v) is 6.00. The van der Waals surface area contributed by atoms with Gasteiger partial charge in [-0.2, -0.15) is 13.2 Å². The minimum absolute atomic E-state index is 0.0663. The van der Waals surface area contributed by atoms with Gasteiger partial charge in [0.2, 0.25) is 0 Å². The number of hydrogen-bond acceptors (Lipinski definition) is 3. The third-order valence-corrected chi connectivity index (χ3v) is 3.82. The summed E-state index contributed by atoms with van der Waals surface area (Å²) in [6.45, 7) is 3.16. The summed E-state index contributed by atoms with van der Waals surface area (Å²) in [5.74, 6) is -1.52. The SMILES string of the molecule is Cc1ccc(C(=O)O[C@@H](C)C(=O)Nc2cc(C(F)(F)F)ccc2Cl)cc1. The average Bonchev–Trinajstić information content (AvgIpc) is 2.56. The summed E-state index contributed by atoms with van der Waals surface area (Å²) in [5.41, 5.74) is 0.0325. The molecule has 1 N–H and O–H groups in total. The second-order valence-electron chi connectivity index (χ2n) is 5.60. The molecule has 0 saturated carbocycles. The molecule has 4 nitrogen and oxygen atoms in total. The molecule has 0 aliphatic carbocycles. The highest BCUT2D eigenvalue weighted by molar-refractivity contribution is 6.33. The molecular weight excluding hydrogens is 371 g/mol. The fourth-order valence-corrected chi connectivity index (χ4v) is 2.17. The highest BCUT2D eigenvalue weighted by Crippen LogP contribution is 2.33. The summed E-state index contributed by atoms with van der Waals surface area (Å²) in [4.78, 5) is 24.1. The Morgan fingerprint density at radius 1 is 1.12 bits per heavy atom. The van der Waals surface area contributed by atoms with E-state index in [0.717, 1.165) is 23.8 Å². The maximum Gasteiger partial charge on any atom is 0.416 e. The van der Waals surface area contributed by atoms with Gasteiger partial charge in [0, 0.05) is 0 Å². The Labute approximate surface area is 152 Å². The van der Waals surface area contributed by atoms with E-state index < -0.39 is 29.7 Å². The topological polar surface area (TPSA) is 55.4 Å². The summed E-state index contributed by atoms with van der Waals surface area (Å²) in [5, 5.41) is 2.17. The summed E-state index contributed by atoms with van der Waals surface area (Å²) in [6.07, 6.45) is -5.80. The number of esters is 1. The number of carbonyl (C=O) groups is 2. The van der Waals surface area contributed by atoms with E-state index in [-0.39, 0.29) is 16.3 Å². The molecule has 1 atom stereocenters. The van der Waals surface area contributed by atoms with Crippen LogP contribution >= 0.6 is 11.6 Å². The van der Waals surface area contributed by atoms with E-state index in [9.17, 15) is 22.8 Å². The van der Waals surface area contributed by atoms with Gasteiger partial charge in [0.05, 0.1) is 21.8 Å². The van der Waals surface area contributed by atoms with Gasteiger partial charge in [0.15, 0.2) is 6.10 Å². The molecule has 0 fully saturated rings. The van der Waals surface area contributed by atoms with Crippen LogP contribution in [0.25, 0.3) is 0 Å². The normalized spacial score (nSPS) is 12.4. The van der Waals surface area contributed by atoms with E-state index in [4.69, 9.17) is 16.3 Å². The van der Waals surface area contributed by atoms with Gasteiger partial charge in [-0.1, -0.05) is 29.3 Å². The molecular formula is C18H15ClF3NO3. The Morgan fingerprint density at radius 2 is 1.73 bits per heavy atom. The smallest absolute Gasteiger partial charge is 0.416 e. The molecule has 138 valence electrons. The molecule has 0 bridgehead atoms. The number of alkyl halides is 3. The number of anilines is 1. The molecule has 0 saturated heterocycles. The van der Waals surface area contributed by atoms with Crippen molar-refractivity contribution in [3.63, 3.8) is 0 Å². The van der Waals surface area contributed by atoms with Crippen LogP contribution in [0, 0.1) is 6.92 Å². The van der Waals surface area contributed by atoms with Crippen molar-refractivity contribution in [1.29, 1.82) is 0 Å². The minimum atomic E-state index is -4.58. The van der Waals surface area contributed by atoms with Gasteiger partial charge < -0.3 is 10.1 Å². The first-order valence-electron chi connectivity index (χ1n) is 7.53. The van der Waals surface area contributed by atoms with Crippen LogP contribution in [0.4, 0.5) is 18.9 Å². The Bertz CT molecular complexity index is 819. The van der Waals surface area contributed by atoms with Crippen molar-refractivity contribution in [1.82, 2.24) is 0 Å². The Kier molecular flexibility index (Phi) is 5.92. The lowest BCUT2D eigenvalue weighted by atomic mass is 10.1. The van der Waals surface area contributed by atoms with Crippen molar-refractivity contribution in [2.75, 3.05) is 5.32 Å². The predicted molar refractivity (Wildman–Crippen MR) is 91.1 cm³/mol. The number of rotatable bonds is 4. The zero-order chi connectivity index (χ0) is 19.5. The molecule has 0 aliphatic rings. The summed E-state index contributed by atoms with van der Waals surface area (Å²) < 4.78 is 43.3. The summed E-state index contributed by atoms with van der Waals surface area (Å²) in [7, 11) is 0. The van der Waals surface area contributed by atoms with Crippen molar-refractivity contribution in [2.45, 2.75) is 26.1 Å². The van der Waals surface area contributed by atoms with E-state index >= 15 is 0 Å². The maximum atomic E-state index is 12.8. The summed E-state index contributed by atoms with van der Waals surface area (Å²) >= 11 is 5.82. The zero-order valence-corrected chi connectivity index (χ0v) is 14.6. The molecule has 0 aromatic heterocycles. The Hall–Kier alpha value is -2.54. The molecule has 0 heterocycles. The van der Waals surface area contributed by atoms with Gasteiger partial charge in [-0.3, -0.25) is 4.79 Å². The van der Waals surface area contributed by atoms with Crippen LogP contribution in [0.3, 0.4) is 0 Å². The maximum absolute atomic E-state index is 12.8. The number of hydrogen-bond donors (Lipinski definition) is 1. The quantitative estimate of drug-likeness (QED) is 0.765. The highest BCUT2D eigenvalue weighted by atomic mass is 35.5. The van der Waals surface area contributed by atoms with Crippen molar-refractivity contribution >= 4 is 29.2 Å². The van der Waals surface area contributed by atoms with Gasteiger partial charge in [-0.05, 0) is 44.2 Å². The predicted octanol–water partition coefficient (Wildman–Crippen LogP) is 4.85. The number of amides is 1. The zero-order valence-electron chi connectivity index (χ0n) is 13.9. The van der Waals surface area contributed by atoms with Crippen LogP contribution in [-0.2, 0) is 15.7 Å². The molecule has 0 aliphatic heterocycles. The lowest BCUT2D eigenvalue weighted by Gasteiger charge is -2.15. The largest absolute Gasteiger partial charge is 0.449 e.